The van der Waals surface area contributed by atoms with Crippen LogP contribution in [0.3, 0.4) is 0 Å². The van der Waals surface area contributed by atoms with Gasteiger partial charge in [0, 0.05) is 10.9 Å². The second-order valence-electron chi connectivity index (χ2n) is 4.17. The van der Waals surface area contributed by atoms with Gasteiger partial charge in [-0.2, -0.15) is 0 Å². The van der Waals surface area contributed by atoms with Crippen molar-refractivity contribution in [1.29, 1.82) is 0 Å². The van der Waals surface area contributed by atoms with Gasteiger partial charge in [-0.1, -0.05) is 24.6 Å². The Morgan fingerprint density at radius 3 is 2.47 bits per heavy atom. The van der Waals surface area contributed by atoms with Crippen molar-refractivity contribution in [1.82, 2.24) is 0 Å². The molecular weight excluding hydrogens is 234 g/mol. The van der Waals surface area contributed by atoms with E-state index in [0.29, 0.717) is 5.75 Å². The quantitative estimate of drug-likeness (QED) is 0.847. The predicted octanol–water partition coefficient (Wildman–Crippen LogP) is 2.44. The molecule has 0 heterocycles. The van der Waals surface area contributed by atoms with Gasteiger partial charge in [-0.3, -0.25) is 4.79 Å². The molecular formula is C13H19NO2S. The van der Waals surface area contributed by atoms with E-state index in [1.807, 2.05) is 38.1 Å². The molecule has 0 aliphatic rings. The zero-order valence-corrected chi connectivity index (χ0v) is 11.3. The number of aryl methyl sites for hydroxylation is 1. The van der Waals surface area contributed by atoms with Crippen molar-refractivity contribution < 1.29 is 9.90 Å². The molecule has 0 aromatic heterocycles. The summed E-state index contributed by atoms with van der Waals surface area (Å²) in [5, 5.41) is 12.2. The first-order chi connectivity index (χ1) is 7.99. The van der Waals surface area contributed by atoms with E-state index in [-0.39, 0.29) is 11.2 Å². The zero-order valence-electron chi connectivity index (χ0n) is 10.4. The summed E-state index contributed by atoms with van der Waals surface area (Å²) in [4.78, 5) is 11.6. The first-order valence-corrected chi connectivity index (χ1v) is 6.70. The molecule has 0 unspecified atom stereocenters. The molecule has 94 valence electrons. The van der Waals surface area contributed by atoms with Crippen LogP contribution in [0.25, 0.3) is 0 Å². The maximum atomic E-state index is 11.6. The van der Waals surface area contributed by atoms with E-state index in [0.717, 1.165) is 5.69 Å². The van der Waals surface area contributed by atoms with Crippen LogP contribution in [0.1, 0.15) is 19.4 Å². The molecule has 0 spiro atoms. The Morgan fingerprint density at radius 1 is 1.35 bits per heavy atom. The first kappa shape index (κ1) is 14.1. The summed E-state index contributed by atoms with van der Waals surface area (Å²) in [6.07, 6.45) is -0.396. The fourth-order valence-electron chi connectivity index (χ4n) is 1.18. The molecule has 1 aromatic rings. The third-order valence-corrected chi connectivity index (χ3v) is 3.84. The van der Waals surface area contributed by atoms with Crippen LogP contribution >= 0.6 is 11.8 Å². The molecule has 0 fully saturated rings. The molecule has 1 amide bonds. The van der Waals surface area contributed by atoms with Crippen molar-refractivity contribution in [3.05, 3.63) is 29.8 Å². The lowest BCUT2D eigenvalue weighted by Crippen LogP contribution is -2.20. The maximum Gasteiger partial charge on any atom is 0.234 e. The molecule has 2 atom stereocenters. The van der Waals surface area contributed by atoms with Crippen molar-refractivity contribution >= 4 is 23.4 Å². The molecule has 0 aliphatic carbocycles. The molecule has 0 saturated heterocycles. The van der Waals surface area contributed by atoms with Crippen LogP contribution in [-0.4, -0.2) is 28.1 Å². The Morgan fingerprint density at radius 2 is 1.94 bits per heavy atom. The molecule has 0 radical (unpaired) electrons. The Labute approximate surface area is 107 Å². The van der Waals surface area contributed by atoms with Crippen LogP contribution in [0.15, 0.2) is 24.3 Å². The van der Waals surface area contributed by atoms with Crippen LogP contribution in [0.4, 0.5) is 5.69 Å². The molecule has 1 rings (SSSR count). The Bertz CT molecular complexity index is 362. The highest BCUT2D eigenvalue weighted by molar-refractivity contribution is 8.00. The van der Waals surface area contributed by atoms with Crippen molar-refractivity contribution in [2.45, 2.75) is 32.1 Å². The number of benzene rings is 1. The van der Waals surface area contributed by atoms with E-state index in [1.165, 1.54) is 17.3 Å². The summed E-state index contributed by atoms with van der Waals surface area (Å²) in [6.45, 7) is 5.65. The summed E-state index contributed by atoms with van der Waals surface area (Å²) >= 11 is 1.45. The number of aliphatic hydroxyl groups excluding tert-OH is 1. The normalized spacial score (nSPS) is 14.1. The number of aliphatic hydroxyl groups is 1. The molecule has 2 N–H and O–H groups in total. The van der Waals surface area contributed by atoms with Gasteiger partial charge in [-0.25, -0.2) is 0 Å². The fraction of sp³-hybridized carbons (Fsp3) is 0.462. The minimum absolute atomic E-state index is 0.0358. The smallest absolute Gasteiger partial charge is 0.234 e. The van der Waals surface area contributed by atoms with E-state index in [9.17, 15) is 9.90 Å². The van der Waals surface area contributed by atoms with Crippen molar-refractivity contribution in [2.75, 3.05) is 11.1 Å². The summed E-state index contributed by atoms with van der Waals surface area (Å²) in [7, 11) is 0. The van der Waals surface area contributed by atoms with Gasteiger partial charge < -0.3 is 10.4 Å². The highest BCUT2D eigenvalue weighted by atomic mass is 32.2. The number of hydrogen-bond donors (Lipinski definition) is 2. The molecule has 0 saturated carbocycles. The van der Waals surface area contributed by atoms with Crippen molar-refractivity contribution in [3.63, 3.8) is 0 Å². The second kappa shape index (κ2) is 6.67. The van der Waals surface area contributed by atoms with Crippen molar-refractivity contribution in [3.8, 4) is 0 Å². The minimum Gasteiger partial charge on any atom is -0.392 e. The number of rotatable bonds is 5. The zero-order chi connectivity index (χ0) is 12.8. The second-order valence-corrected chi connectivity index (χ2v) is 5.54. The van der Waals surface area contributed by atoms with Crippen LogP contribution in [0.5, 0.6) is 0 Å². The molecule has 3 nitrogen and oxygen atoms in total. The van der Waals surface area contributed by atoms with Crippen LogP contribution in [0, 0.1) is 6.92 Å². The van der Waals surface area contributed by atoms with Gasteiger partial charge in [0.2, 0.25) is 5.91 Å². The lowest BCUT2D eigenvalue weighted by atomic mass is 10.2. The fourth-order valence-corrected chi connectivity index (χ4v) is 1.95. The van der Waals surface area contributed by atoms with Gasteiger partial charge in [-0.15, -0.1) is 11.8 Å². The van der Waals surface area contributed by atoms with Crippen molar-refractivity contribution in [2.24, 2.45) is 0 Å². The van der Waals surface area contributed by atoms with E-state index in [1.54, 1.807) is 6.92 Å². The number of anilines is 1. The Kier molecular flexibility index (Phi) is 5.51. The third kappa shape index (κ3) is 5.24. The predicted molar refractivity (Wildman–Crippen MR) is 73.4 cm³/mol. The molecule has 1 aromatic carbocycles. The van der Waals surface area contributed by atoms with Gasteiger partial charge in [0.05, 0.1) is 11.9 Å². The minimum atomic E-state index is -0.396. The van der Waals surface area contributed by atoms with Gasteiger partial charge in [0.15, 0.2) is 0 Å². The standard InChI is InChI=1S/C13H19NO2S/c1-9-4-6-12(7-5-9)14-13(16)8-17-11(3)10(2)15/h4-7,10-11,15H,8H2,1-3H3,(H,14,16)/t10-,11-/m1/s1. The first-order valence-electron chi connectivity index (χ1n) is 5.65. The third-order valence-electron chi connectivity index (χ3n) is 2.49. The topological polar surface area (TPSA) is 49.3 Å². The summed E-state index contributed by atoms with van der Waals surface area (Å²) in [5.41, 5.74) is 1.98. The highest BCUT2D eigenvalue weighted by Gasteiger charge is 2.11. The highest BCUT2D eigenvalue weighted by Crippen LogP contribution is 2.15. The van der Waals surface area contributed by atoms with Crippen LogP contribution in [-0.2, 0) is 4.79 Å². The van der Waals surface area contributed by atoms with E-state index in [4.69, 9.17) is 0 Å². The lowest BCUT2D eigenvalue weighted by Gasteiger charge is -2.13. The SMILES string of the molecule is Cc1ccc(NC(=O)CS[C@H](C)[C@@H](C)O)cc1. The largest absolute Gasteiger partial charge is 0.392 e. The summed E-state index contributed by atoms with van der Waals surface area (Å²) in [5.74, 6) is 0.325. The number of hydrogen-bond acceptors (Lipinski definition) is 3. The van der Waals surface area contributed by atoms with Gasteiger partial charge >= 0.3 is 0 Å². The van der Waals surface area contributed by atoms with Crippen LogP contribution < -0.4 is 5.32 Å². The molecule has 0 aliphatic heterocycles. The Hall–Kier alpha value is -1.00. The maximum absolute atomic E-state index is 11.6. The number of nitrogens with one attached hydrogen (secondary N) is 1. The van der Waals surface area contributed by atoms with Gasteiger partial charge in [0.1, 0.15) is 0 Å². The molecule has 17 heavy (non-hydrogen) atoms. The number of carbonyl (C=O) groups is 1. The van der Waals surface area contributed by atoms with Gasteiger partial charge in [0.25, 0.3) is 0 Å². The van der Waals surface area contributed by atoms with E-state index in [2.05, 4.69) is 5.32 Å². The van der Waals surface area contributed by atoms with E-state index >= 15 is 0 Å². The Balaban J connectivity index is 2.37. The summed E-state index contributed by atoms with van der Waals surface area (Å²) in [6, 6.07) is 7.69. The number of carbonyl (C=O) groups excluding carboxylic acids is 1. The number of amides is 1. The summed E-state index contributed by atoms with van der Waals surface area (Å²) < 4.78 is 0. The number of thioether (sulfide) groups is 1. The van der Waals surface area contributed by atoms with Gasteiger partial charge in [-0.05, 0) is 26.0 Å². The average molecular weight is 253 g/mol. The van der Waals surface area contributed by atoms with E-state index < -0.39 is 6.10 Å². The molecule has 0 bridgehead atoms. The molecule has 4 heteroatoms. The lowest BCUT2D eigenvalue weighted by molar-refractivity contribution is -0.113. The monoisotopic (exact) mass is 253 g/mol. The van der Waals surface area contributed by atoms with Crippen LogP contribution in [0.2, 0.25) is 0 Å². The average Bonchev–Trinajstić information content (AvgIpc) is 2.29.